The van der Waals surface area contributed by atoms with E-state index in [1.807, 2.05) is 0 Å². The topological polar surface area (TPSA) is 47.0 Å². The first kappa shape index (κ1) is 15.8. The molecule has 4 nitrogen and oxygen atoms in total. The van der Waals surface area contributed by atoms with Gasteiger partial charge in [-0.2, -0.15) is 0 Å². The third-order valence-electron chi connectivity index (χ3n) is 3.65. The van der Waals surface area contributed by atoms with E-state index in [1.165, 1.54) is 18.4 Å². The lowest BCUT2D eigenvalue weighted by atomic mass is 10.0. The van der Waals surface area contributed by atoms with Gasteiger partial charge in [-0.05, 0) is 36.5 Å². The summed E-state index contributed by atoms with van der Waals surface area (Å²) in [5.41, 5.74) is 2.40. The molecule has 118 valence electrons. The van der Waals surface area contributed by atoms with E-state index < -0.39 is 0 Å². The summed E-state index contributed by atoms with van der Waals surface area (Å²) >= 11 is 3.33. The molecule has 0 radical (unpaired) electrons. The maximum absolute atomic E-state index is 5.63. The number of anilines is 2. The van der Waals surface area contributed by atoms with Gasteiger partial charge in [-0.1, -0.05) is 49.1 Å². The molecule has 0 spiro atoms. The van der Waals surface area contributed by atoms with Crippen molar-refractivity contribution in [2.75, 3.05) is 17.7 Å². The number of rotatable bonds is 6. The minimum absolute atomic E-state index is 0.383. The Balaban J connectivity index is 1.54. The van der Waals surface area contributed by atoms with Gasteiger partial charge in [0.05, 0.1) is 6.10 Å². The Labute approximate surface area is 139 Å². The first-order valence-electron chi connectivity index (χ1n) is 7.65. The van der Waals surface area contributed by atoms with Crippen molar-refractivity contribution < 1.29 is 4.74 Å². The van der Waals surface area contributed by atoms with Gasteiger partial charge in [-0.15, -0.1) is 10.2 Å². The Kier molecular flexibility index (Phi) is 5.33. The quantitative estimate of drug-likeness (QED) is 0.777. The minimum Gasteiger partial charge on any atom is -0.377 e. The first-order chi connectivity index (χ1) is 10.7. The lowest BCUT2D eigenvalue weighted by molar-refractivity contribution is 0.129. The standard InChI is InChI=1S/C16H21N3OS2/c1-11(2)12-5-7-13(8-6-12)17-15-18-19-16(22-15)21-10-14-4-3-9-20-14/h5-8,11,14H,3-4,9-10H2,1-2H3,(H,17,18)/t14-/m0/s1. The van der Waals surface area contributed by atoms with E-state index in [9.17, 15) is 0 Å². The molecule has 1 fully saturated rings. The van der Waals surface area contributed by atoms with Gasteiger partial charge in [-0.3, -0.25) is 0 Å². The van der Waals surface area contributed by atoms with Gasteiger partial charge in [0.25, 0.3) is 0 Å². The van der Waals surface area contributed by atoms with Crippen molar-refractivity contribution in [2.24, 2.45) is 0 Å². The highest BCUT2D eigenvalue weighted by Gasteiger charge is 2.16. The molecule has 0 unspecified atom stereocenters. The van der Waals surface area contributed by atoms with Gasteiger partial charge in [0.2, 0.25) is 5.13 Å². The second-order valence-electron chi connectivity index (χ2n) is 5.72. The van der Waals surface area contributed by atoms with Crippen molar-refractivity contribution in [3.05, 3.63) is 29.8 Å². The van der Waals surface area contributed by atoms with E-state index in [-0.39, 0.29) is 0 Å². The summed E-state index contributed by atoms with van der Waals surface area (Å²) in [5.74, 6) is 1.52. The van der Waals surface area contributed by atoms with E-state index in [1.54, 1.807) is 23.1 Å². The molecule has 1 saturated heterocycles. The van der Waals surface area contributed by atoms with Crippen LogP contribution < -0.4 is 5.32 Å². The molecule has 1 N–H and O–H groups in total. The van der Waals surface area contributed by atoms with E-state index in [0.717, 1.165) is 27.5 Å². The molecule has 0 amide bonds. The van der Waals surface area contributed by atoms with Crippen LogP contribution in [0.2, 0.25) is 0 Å². The Morgan fingerprint density at radius 1 is 1.32 bits per heavy atom. The summed E-state index contributed by atoms with van der Waals surface area (Å²) in [7, 11) is 0. The summed E-state index contributed by atoms with van der Waals surface area (Å²) in [5, 5.41) is 12.6. The van der Waals surface area contributed by atoms with E-state index >= 15 is 0 Å². The van der Waals surface area contributed by atoms with E-state index in [2.05, 4.69) is 53.6 Å². The summed E-state index contributed by atoms with van der Waals surface area (Å²) in [4.78, 5) is 0. The fourth-order valence-corrected chi connectivity index (χ4v) is 4.20. The predicted octanol–water partition coefficient (Wildman–Crippen LogP) is 4.68. The molecule has 1 atom stereocenters. The van der Waals surface area contributed by atoms with Crippen LogP contribution >= 0.6 is 23.1 Å². The largest absolute Gasteiger partial charge is 0.377 e. The van der Waals surface area contributed by atoms with Gasteiger partial charge < -0.3 is 10.1 Å². The number of hydrogen-bond donors (Lipinski definition) is 1. The lowest BCUT2D eigenvalue weighted by Gasteiger charge is -2.07. The van der Waals surface area contributed by atoms with Crippen LogP contribution in [-0.4, -0.2) is 28.7 Å². The number of nitrogens with one attached hydrogen (secondary N) is 1. The monoisotopic (exact) mass is 335 g/mol. The van der Waals surface area contributed by atoms with Crippen molar-refractivity contribution in [3.8, 4) is 0 Å². The summed E-state index contributed by atoms with van der Waals surface area (Å²) < 4.78 is 6.62. The molecular weight excluding hydrogens is 314 g/mol. The highest BCUT2D eigenvalue weighted by atomic mass is 32.2. The van der Waals surface area contributed by atoms with Gasteiger partial charge in [-0.25, -0.2) is 0 Å². The average Bonchev–Trinajstić information content (AvgIpc) is 3.17. The van der Waals surface area contributed by atoms with Crippen LogP contribution in [0.25, 0.3) is 0 Å². The first-order valence-corrected chi connectivity index (χ1v) is 9.46. The molecule has 6 heteroatoms. The third kappa shape index (κ3) is 4.21. The number of benzene rings is 1. The number of thioether (sulfide) groups is 1. The second kappa shape index (κ2) is 7.44. The number of aromatic nitrogens is 2. The Morgan fingerprint density at radius 2 is 2.14 bits per heavy atom. The van der Waals surface area contributed by atoms with Crippen LogP contribution in [0.1, 0.15) is 38.2 Å². The van der Waals surface area contributed by atoms with Crippen LogP contribution in [-0.2, 0) is 4.74 Å². The Bertz CT molecular complexity index is 592. The maximum Gasteiger partial charge on any atom is 0.210 e. The van der Waals surface area contributed by atoms with Crippen LogP contribution in [0, 0.1) is 0 Å². The third-order valence-corrected chi connectivity index (χ3v) is 5.76. The smallest absolute Gasteiger partial charge is 0.210 e. The van der Waals surface area contributed by atoms with Gasteiger partial charge in [0.15, 0.2) is 4.34 Å². The van der Waals surface area contributed by atoms with Crippen molar-refractivity contribution in [1.82, 2.24) is 10.2 Å². The molecule has 1 aliphatic heterocycles. The molecule has 2 heterocycles. The zero-order valence-corrected chi connectivity index (χ0v) is 14.5. The highest BCUT2D eigenvalue weighted by Crippen LogP contribution is 2.30. The zero-order chi connectivity index (χ0) is 15.4. The van der Waals surface area contributed by atoms with Gasteiger partial charge >= 0.3 is 0 Å². The van der Waals surface area contributed by atoms with E-state index in [0.29, 0.717) is 12.0 Å². The minimum atomic E-state index is 0.383. The Morgan fingerprint density at radius 3 is 2.82 bits per heavy atom. The molecule has 2 aromatic rings. The maximum atomic E-state index is 5.63. The molecular formula is C16H21N3OS2. The van der Waals surface area contributed by atoms with Gasteiger partial charge in [0.1, 0.15) is 0 Å². The number of hydrogen-bond acceptors (Lipinski definition) is 6. The van der Waals surface area contributed by atoms with Crippen LogP contribution in [0.5, 0.6) is 0 Å². The van der Waals surface area contributed by atoms with Crippen LogP contribution in [0.4, 0.5) is 10.8 Å². The van der Waals surface area contributed by atoms with Crippen molar-refractivity contribution in [1.29, 1.82) is 0 Å². The summed E-state index contributed by atoms with van der Waals surface area (Å²) in [6.45, 7) is 5.30. The summed E-state index contributed by atoms with van der Waals surface area (Å²) in [6, 6.07) is 8.49. The molecule has 3 rings (SSSR count). The van der Waals surface area contributed by atoms with E-state index in [4.69, 9.17) is 4.74 Å². The van der Waals surface area contributed by atoms with Gasteiger partial charge in [0, 0.05) is 18.0 Å². The molecule has 0 saturated carbocycles. The van der Waals surface area contributed by atoms with Crippen molar-refractivity contribution in [3.63, 3.8) is 0 Å². The predicted molar refractivity (Wildman–Crippen MR) is 93.4 cm³/mol. The fourth-order valence-electron chi connectivity index (χ4n) is 2.33. The summed E-state index contributed by atoms with van der Waals surface area (Å²) in [6.07, 6.45) is 2.73. The van der Waals surface area contributed by atoms with Crippen LogP contribution in [0.3, 0.4) is 0 Å². The lowest BCUT2D eigenvalue weighted by Crippen LogP contribution is -2.07. The van der Waals surface area contributed by atoms with Crippen molar-refractivity contribution in [2.45, 2.75) is 43.1 Å². The zero-order valence-electron chi connectivity index (χ0n) is 12.9. The molecule has 1 aromatic heterocycles. The van der Waals surface area contributed by atoms with Crippen molar-refractivity contribution >= 4 is 33.9 Å². The number of ether oxygens (including phenoxy) is 1. The molecule has 0 aliphatic carbocycles. The number of nitrogens with zero attached hydrogens (tertiary/aromatic N) is 2. The second-order valence-corrected chi connectivity index (χ2v) is 7.97. The molecule has 1 aliphatic rings. The van der Waals surface area contributed by atoms with Crippen LogP contribution in [0.15, 0.2) is 28.6 Å². The molecule has 1 aromatic carbocycles. The molecule has 0 bridgehead atoms. The SMILES string of the molecule is CC(C)c1ccc(Nc2nnc(SC[C@@H]3CCCO3)s2)cc1. The normalized spacial score (nSPS) is 18.0. The fraction of sp³-hybridized carbons (Fsp3) is 0.500. The Hall–Kier alpha value is -1.11. The molecule has 22 heavy (non-hydrogen) atoms. The average molecular weight is 335 g/mol. The highest BCUT2D eigenvalue weighted by molar-refractivity contribution is 8.01.